The summed E-state index contributed by atoms with van der Waals surface area (Å²) in [4.78, 5) is 10.4. The summed E-state index contributed by atoms with van der Waals surface area (Å²) >= 11 is 0. The van der Waals surface area contributed by atoms with Gasteiger partial charge in [0.25, 0.3) is 5.69 Å². The van der Waals surface area contributed by atoms with E-state index in [4.69, 9.17) is 0 Å². The van der Waals surface area contributed by atoms with E-state index in [1.54, 1.807) is 19.1 Å². The van der Waals surface area contributed by atoms with Crippen molar-refractivity contribution in [3.05, 3.63) is 45.0 Å². The van der Waals surface area contributed by atoms with E-state index in [1.807, 2.05) is 6.08 Å². The van der Waals surface area contributed by atoms with Crippen LogP contribution >= 0.6 is 12.4 Å². The Morgan fingerprint density at radius 2 is 1.96 bits per heavy atom. The second-order valence-corrected chi connectivity index (χ2v) is 6.98. The van der Waals surface area contributed by atoms with Crippen molar-refractivity contribution in [3.8, 4) is 0 Å². The normalized spacial score (nSPS) is 14.8. The van der Waals surface area contributed by atoms with Crippen molar-refractivity contribution < 1.29 is 13.3 Å². The van der Waals surface area contributed by atoms with Crippen molar-refractivity contribution in [1.82, 2.24) is 10.0 Å². The van der Waals surface area contributed by atoms with Crippen LogP contribution in [0.25, 0.3) is 0 Å². The molecular weight excluding hydrogens is 342 g/mol. The Bertz CT molecular complexity index is 732. The molecule has 0 amide bonds. The molecule has 23 heavy (non-hydrogen) atoms. The molecule has 7 nitrogen and oxygen atoms in total. The third kappa shape index (κ3) is 4.51. The maximum absolute atomic E-state index is 12.5. The predicted molar refractivity (Wildman–Crippen MR) is 90.6 cm³/mol. The SMILES string of the molecule is Cc1ccc(C)c(S(=O)(=O)NCC2=CCNCC2)c1[N+](=O)[O-].Cl. The lowest BCUT2D eigenvalue weighted by Crippen LogP contribution is -2.30. The van der Waals surface area contributed by atoms with Crippen molar-refractivity contribution in [1.29, 1.82) is 0 Å². The lowest BCUT2D eigenvalue weighted by molar-refractivity contribution is -0.388. The minimum absolute atomic E-state index is 0. The van der Waals surface area contributed by atoms with Gasteiger partial charge in [0.2, 0.25) is 10.0 Å². The topological polar surface area (TPSA) is 101 Å². The second-order valence-electron chi connectivity index (χ2n) is 5.28. The largest absolute Gasteiger partial charge is 0.313 e. The summed E-state index contributed by atoms with van der Waals surface area (Å²) in [6.07, 6.45) is 2.70. The highest BCUT2D eigenvalue weighted by atomic mass is 35.5. The summed E-state index contributed by atoms with van der Waals surface area (Å²) in [5, 5.41) is 14.4. The summed E-state index contributed by atoms with van der Waals surface area (Å²) in [5.41, 5.74) is 1.32. The first-order valence-corrected chi connectivity index (χ1v) is 8.44. The Labute approximate surface area is 141 Å². The standard InChI is InChI=1S/C14H19N3O4S.ClH/c1-10-3-4-11(2)14(13(10)17(18)19)22(20,21)16-9-12-5-7-15-8-6-12;/h3-5,15-16H,6-9H2,1-2H3;1H. The van der Waals surface area contributed by atoms with Crippen LogP contribution in [0, 0.1) is 24.0 Å². The van der Waals surface area contributed by atoms with Gasteiger partial charge < -0.3 is 5.32 Å². The Morgan fingerprint density at radius 1 is 1.30 bits per heavy atom. The number of benzene rings is 1. The van der Waals surface area contributed by atoms with Crippen molar-refractivity contribution in [2.24, 2.45) is 0 Å². The summed E-state index contributed by atoms with van der Waals surface area (Å²) < 4.78 is 27.5. The number of hydrogen-bond acceptors (Lipinski definition) is 5. The summed E-state index contributed by atoms with van der Waals surface area (Å²) in [5.74, 6) is 0. The highest BCUT2D eigenvalue weighted by Crippen LogP contribution is 2.30. The van der Waals surface area contributed by atoms with Gasteiger partial charge in [-0.1, -0.05) is 23.8 Å². The molecule has 1 aromatic carbocycles. The molecule has 0 bridgehead atoms. The highest BCUT2D eigenvalue weighted by Gasteiger charge is 2.29. The molecule has 0 spiro atoms. The zero-order chi connectivity index (χ0) is 16.3. The molecular formula is C14H20ClN3O4S. The third-order valence-corrected chi connectivity index (χ3v) is 5.21. The Morgan fingerprint density at radius 3 is 2.52 bits per heavy atom. The van der Waals surface area contributed by atoms with E-state index in [0.717, 1.165) is 18.5 Å². The zero-order valence-corrected chi connectivity index (χ0v) is 14.6. The quantitative estimate of drug-likeness (QED) is 0.473. The number of halogens is 1. The van der Waals surface area contributed by atoms with Gasteiger partial charge in [-0.05, 0) is 32.4 Å². The molecule has 1 aromatic rings. The molecule has 9 heteroatoms. The molecule has 0 aliphatic carbocycles. The summed E-state index contributed by atoms with van der Waals surface area (Å²) in [7, 11) is -3.94. The Hall–Kier alpha value is -1.48. The molecule has 0 radical (unpaired) electrons. The maximum atomic E-state index is 12.5. The van der Waals surface area contributed by atoms with Crippen molar-refractivity contribution in [2.45, 2.75) is 25.2 Å². The van der Waals surface area contributed by atoms with Gasteiger partial charge in [0.1, 0.15) is 0 Å². The first-order chi connectivity index (χ1) is 10.3. The molecule has 0 unspecified atom stereocenters. The average molecular weight is 362 g/mol. The van der Waals surface area contributed by atoms with Crippen LogP contribution in [0.3, 0.4) is 0 Å². The fourth-order valence-electron chi connectivity index (χ4n) is 2.43. The first-order valence-electron chi connectivity index (χ1n) is 6.96. The maximum Gasteiger partial charge on any atom is 0.292 e. The van der Waals surface area contributed by atoms with Crippen LogP contribution in [-0.2, 0) is 10.0 Å². The monoisotopic (exact) mass is 361 g/mol. The van der Waals surface area contributed by atoms with Crippen LogP contribution in [0.5, 0.6) is 0 Å². The van der Waals surface area contributed by atoms with Crippen LogP contribution in [0.2, 0.25) is 0 Å². The van der Waals surface area contributed by atoms with Crippen molar-refractivity contribution in [2.75, 3.05) is 19.6 Å². The number of sulfonamides is 1. The van der Waals surface area contributed by atoms with Gasteiger partial charge in [-0.3, -0.25) is 10.1 Å². The molecule has 0 aromatic heterocycles. The van der Waals surface area contributed by atoms with Crippen LogP contribution in [0.4, 0.5) is 5.69 Å². The minimum atomic E-state index is -3.94. The molecule has 1 aliphatic rings. The Kier molecular flexibility index (Phi) is 6.69. The van der Waals surface area contributed by atoms with E-state index in [2.05, 4.69) is 10.0 Å². The van der Waals surface area contributed by atoms with Gasteiger partial charge >= 0.3 is 0 Å². The van der Waals surface area contributed by atoms with Gasteiger partial charge in [-0.25, -0.2) is 13.1 Å². The van der Waals surface area contributed by atoms with Gasteiger partial charge in [0.15, 0.2) is 4.90 Å². The summed E-state index contributed by atoms with van der Waals surface area (Å²) in [6, 6.07) is 3.14. The van der Waals surface area contributed by atoms with Crippen molar-refractivity contribution >= 4 is 28.1 Å². The van der Waals surface area contributed by atoms with Crippen LogP contribution in [0.15, 0.2) is 28.7 Å². The molecule has 128 valence electrons. The molecule has 2 rings (SSSR count). The van der Waals surface area contributed by atoms with Gasteiger partial charge in [-0.15, -0.1) is 12.4 Å². The highest BCUT2D eigenvalue weighted by molar-refractivity contribution is 7.89. The lowest BCUT2D eigenvalue weighted by Gasteiger charge is -2.15. The average Bonchev–Trinajstić information content (AvgIpc) is 2.48. The van der Waals surface area contributed by atoms with E-state index in [-0.39, 0.29) is 29.5 Å². The number of nitro groups is 1. The lowest BCUT2D eigenvalue weighted by atomic mass is 10.1. The number of nitrogens with zero attached hydrogens (tertiary/aromatic N) is 1. The first kappa shape index (κ1) is 19.6. The minimum Gasteiger partial charge on any atom is -0.313 e. The molecule has 1 heterocycles. The van der Waals surface area contributed by atoms with Gasteiger partial charge in [0, 0.05) is 18.7 Å². The predicted octanol–water partition coefficient (Wildman–Crippen LogP) is 1.83. The molecule has 1 aliphatic heterocycles. The van der Waals surface area contributed by atoms with E-state index in [9.17, 15) is 18.5 Å². The molecule has 0 atom stereocenters. The van der Waals surface area contributed by atoms with Gasteiger partial charge in [0.05, 0.1) is 4.92 Å². The fraction of sp³-hybridized carbons (Fsp3) is 0.429. The molecule has 0 saturated carbocycles. The number of rotatable bonds is 5. The van der Waals surface area contributed by atoms with Crippen LogP contribution in [0.1, 0.15) is 17.5 Å². The second kappa shape index (κ2) is 7.87. The van der Waals surface area contributed by atoms with E-state index in [0.29, 0.717) is 17.7 Å². The smallest absolute Gasteiger partial charge is 0.292 e. The third-order valence-electron chi connectivity index (χ3n) is 3.63. The number of nitrogens with one attached hydrogen (secondary N) is 2. The summed E-state index contributed by atoms with van der Waals surface area (Å²) in [6.45, 7) is 4.78. The Balaban J connectivity index is 0.00000264. The molecule has 2 N–H and O–H groups in total. The van der Waals surface area contributed by atoms with E-state index < -0.39 is 14.9 Å². The van der Waals surface area contributed by atoms with Gasteiger partial charge in [-0.2, -0.15) is 0 Å². The number of aryl methyl sites for hydroxylation is 2. The van der Waals surface area contributed by atoms with E-state index >= 15 is 0 Å². The van der Waals surface area contributed by atoms with Crippen LogP contribution < -0.4 is 10.0 Å². The van der Waals surface area contributed by atoms with E-state index in [1.165, 1.54) is 6.92 Å². The zero-order valence-electron chi connectivity index (χ0n) is 13.0. The number of nitro benzene ring substituents is 1. The fourth-order valence-corrected chi connectivity index (χ4v) is 3.93. The molecule has 0 saturated heterocycles. The van der Waals surface area contributed by atoms with Crippen LogP contribution in [-0.4, -0.2) is 33.0 Å². The molecule has 0 fully saturated rings. The number of hydrogen-bond donors (Lipinski definition) is 2. The van der Waals surface area contributed by atoms with Crippen molar-refractivity contribution in [3.63, 3.8) is 0 Å².